The maximum absolute atomic E-state index is 12.2. The maximum Gasteiger partial charge on any atom is 0.338 e. The van der Waals surface area contributed by atoms with Crippen LogP contribution >= 0.6 is 0 Å². The minimum atomic E-state index is -0.798. The van der Waals surface area contributed by atoms with E-state index in [0.29, 0.717) is 5.56 Å². The van der Waals surface area contributed by atoms with E-state index in [0.717, 1.165) is 0 Å². The van der Waals surface area contributed by atoms with E-state index in [1.54, 1.807) is 38.1 Å². The van der Waals surface area contributed by atoms with Crippen molar-refractivity contribution in [2.24, 2.45) is 0 Å². The van der Waals surface area contributed by atoms with Gasteiger partial charge in [-0.25, -0.2) is 4.79 Å². The molecule has 2 heterocycles. The number of benzene rings is 1. The Hall–Kier alpha value is -1.47. The standard InChI is InChI=1S/C15H18O6/c1-15(2)20-12-11(10(8-16)18-14(12)21-15)19-13(17)9-6-4-3-5-7-9/h3-7,10-12,14,16H,8H2,1-2H3/t10-,11+,12-,14-/m1/s1. The molecule has 0 unspecified atom stereocenters. The summed E-state index contributed by atoms with van der Waals surface area (Å²) in [4.78, 5) is 12.2. The van der Waals surface area contributed by atoms with E-state index in [1.165, 1.54) is 0 Å². The van der Waals surface area contributed by atoms with Gasteiger partial charge in [0.25, 0.3) is 0 Å². The molecule has 21 heavy (non-hydrogen) atoms. The first-order valence-electron chi connectivity index (χ1n) is 6.88. The highest BCUT2D eigenvalue weighted by Crippen LogP contribution is 2.38. The Morgan fingerprint density at radius 2 is 2.00 bits per heavy atom. The molecule has 6 nitrogen and oxygen atoms in total. The lowest BCUT2D eigenvalue weighted by atomic mass is 10.1. The van der Waals surface area contributed by atoms with E-state index in [1.807, 2.05) is 6.07 Å². The van der Waals surface area contributed by atoms with Gasteiger partial charge in [0.1, 0.15) is 6.10 Å². The number of carbonyl (C=O) groups is 1. The van der Waals surface area contributed by atoms with E-state index >= 15 is 0 Å². The Kier molecular flexibility index (Phi) is 3.71. The van der Waals surface area contributed by atoms with Crippen LogP contribution in [0, 0.1) is 0 Å². The average Bonchev–Trinajstić information content (AvgIpc) is 2.92. The Labute approximate surface area is 122 Å². The summed E-state index contributed by atoms with van der Waals surface area (Å²) in [5.74, 6) is -1.27. The van der Waals surface area contributed by atoms with Crippen molar-refractivity contribution in [1.82, 2.24) is 0 Å². The fourth-order valence-electron chi connectivity index (χ4n) is 2.60. The Morgan fingerprint density at radius 3 is 2.67 bits per heavy atom. The Balaban J connectivity index is 1.75. The van der Waals surface area contributed by atoms with Crippen LogP contribution in [-0.2, 0) is 18.9 Å². The minimum absolute atomic E-state index is 0.271. The maximum atomic E-state index is 12.2. The highest BCUT2D eigenvalue weighted by atomic mass is 16.8. The van der Waals surface area contributed by atoms with Crippen molar-refractivity contribution < 1.29 is 28.8 Å². The summed E-state index contributed by atoms with van der Waals surface area (Å²) in [6.07, 6.45) is -2.52. The molecule has 6 heteroatoms. The van der Waals surface area contributed by atoms with E-state index < -0.39 is 36.4 Å². The monoisotopic (exact) mass is 294 g/mol. The molecule has 2 saturated heterocycles. The fraction of sp³-hybridized carbons (Fsp3) is 0.533. The zero-order valence-electron chi connectivity index (χ0n) is 11.9. The first-order chi connectivity index (χ1) is 10.00. The van der Waals surface area contributed by atoms with Gasteiger partial charge < -0.3 is 24.1 Å². The van der Waals surface area contributed by atoms with Crippen LogP contribution < -0.4 is 0 Å². The third kappa shape index (κ3) is 2.80. The van der Waals surface area contributed by atoms with Gasteiger partial charge in [0.05, 0.1) is 12.2 Å². The molecule has 114 valence electrons. The largest absolute Gasteiger partial charge is 0.453 e. The zero-order chi connectivity index (χ0) is 15.0. The van der Waals surface area contributed by atoms with Gasteiger partial charge in [-0.05, 0) is 26.0 Å². The molecule has 1 aromatic rings. The number of esters is 1. The molecule has 0 bridgehead atoms. The van der Waals surface area contributed by atoms with Crippen molar-refractivity contribution >= 4 is 5.97 Å². The number of carbonyl (C=O) groups excluding carboxylic acids is 1. The van der Waals surface area contributed by atoms with Crippen LogP contribution in [0.2, 0.25) is 0 Å². The second-order valence-electron chi connectivity index (χ2n) is 5.56. The van der Waals surface area contributed by atoms with Crippen LogP contribution in [0.15, 0.2) is 30.3 Å². The third-order valence-corrected chi connectivity index (χ3v) is 3.52. The number of fused-ring (bicyclic) bond motifs is 1. The molecule has 0 saturated carbocycles. The van der Waals surface area contributed by atoms with Crippen LogP contribution in [0.1, 0.15) is 24.2 Å². The fourth-order valence-corrected chi connectivity index (χ4v) is 2.60. The van der Waals surface area contributed by atoms with Crippen molar-refractivity contribution in [3.63, 3.8) is 0 Å². The van der Waals surface area contributed by atoms with Gasteiger partial charge in [-0.2, -0.15) is 0 Å². The highest BCUT2D eigenvalue weighted by molar-refractivity contribution is 5.89. The van der Waals surface area contributed by atoms with Crippen molar-refractivity contribution in [2.75, 3.05) is 6.61 Å². The van der Waals surface area contributed by atoms with E-state index in [4.69, 9.17) is 18.9 Å². The second kappa shape index (κ2) is 5.38. The summed E-state index contributed by atoms with van der Waals surface area (Å²) in [6.45, 7) is 3.25. The van der Waals surface area contributed by atoms with E-state index in [9.17, 15) is 9.90 Å². The molecule has 1 aromatic carbocycles. The van der Waals surface area contributed by atoms with Gasteiger partial charge in [-0.3, -0.25) is 0 Å². The summed E-state index contributed by atoms with van der Waals surface area (Å²) in [5, 5.41) is 9.38. The first-order valence-corrected chi connectivity index (χ1v) is 6.88. The van der Waals surface area contributed by atoms with Crippen LogP contribution in [-0.4, -0.2) is 48.1 Å². The van der Waals surface area contributed by atoms with Crippen molar-refractivity contribution in [3.8, 4) is 0 Å². The van der Waals surface area contributed by atoms with Crippen molar-refractivity contribution in [3.05, 3.63) is 35.9 Å². The van der Waals surface area contributed by atoms with Gasteiger partial charge in [-0.15, -0.1) is 0 Å². The van der Waals surface area contributed by atoms with E-state index in [-0.39, 0.29) is 6.61 Å². The number of aliphatic hydroxyl groups is 1. The second-order valence-corrected chi connectivity index (χ2v) is 5.56. The molecule has 0 amide bonds. The molecule has 0 spiro atoms. The normalized spacial score (nSPS) is 33.7. The smallest absolute Gasteiger partial charge is 0.338 e. The number of aliphatic hydroxyl groups excluding tert-OH is 1. The molecule has 3 rings (SSSR count). The minimum Gasteiger partial charge on any atom is -0.453 e. The molecule has 0 aromatic heterocycles. The molecular weight excluding hydrogens is 276 g/mol. The van der Waals surface area contributed by atoms with Crippen molar-refractivity contribution in [2.45, 2.75) is 44.2 Å². The summed E-state index contributed by atoms with van der Waals surface area (Å²) >= 11 is 0. The molecular formula is C15H18O6. The summed E-state index contributed by atoms with van der Waals surface area (Å²) < 4.78 is 22.3. The Morgan fingerprint density at radius 1 is 1.29 bits per heavy atom. The Bertz CT molecular complexity index is 514. The van der Waals surface area contributed by atoms with Crippen LogP contribution in [0.25, 0.3) is 0 Å². The molecule has 2 aliphatic heterocycles. The molecule has 4 atom stereocenters. The molecule has 2 aliphatic rings. The quantitative estimate of drug-likeness (QED) is 0.841. The van der Waals surface area contributed by atoms with Crippen LogP contribution in [0.3, 0.4) is 0 Å². The van der Waals surface area contributed by atoms with Crippen LogP contribution in [0.4, 0.5) is 0 Å². The lowest BCUT2D eigenvalue weighted by molar-refractivity contribution is -0.218. The zero-order valence-corrected chi connectivity index (χ0v) is 11.9. The van der Waals surface area contributed by atoms with Gasteiger partial charge in [0.2, 0.25) is 0 Å². The summed E-state index contributed by atoms with van der Waals surface area (Å²) in [7, 11) is 0. The average molecular weight is 294 g/mol. The lowest BCUT2D eigenvalue weighted by Crippen LogP contribution is -2.39. The predicted molar refractivity (Wildman–Crippen MR) is 71.4 cm³/mol. The first kappa shape index (κ1) is 14.5. The number of ether oxygens (including phenoxy) is 4. The SMILES string of the molecule is CC1(C)O[C@H]2O[C@H](CO)[C@H](OC(=O)c3ccccc3)[C@H]2O1. The predicted octanol–water partition coefficient (Wildman–Crippen LogP) is 1.08. The van der Waals surface area contributed by atoms with E-state index in [2.05, 4.69) is 0 Å². The van der Waals surface area contributed by atoms with Crippen LogP contribution in [0.5, 0.6) is 0 Å². The van der Waals surface area contributed by atoms with Gasteiger partial charge in [0.15, 0.2) is 24.3 Å². The molecule has 2 fully saturated rings. The number of hydrogen-bond donors (Lipinski definition) is 1. The molecule has 0 radical (unpaired) electrons. The van der Waals surface area contributed by atoms with Gasteiger partial charge in [-0.1, -0.05) is 18.2 Å². The molecule has 0 aliphatic carbocycles. The summed E-state index contributed by atoms with van der Waals surface area (Å²) in [5.41, 5.74) is 0.441. The van der Waals surface area contributed by atoms with Gasteiger partial charge in [0, 0.05) is 0 Å². The van der Waals surface area contributed by atoms with Gasteiger partial charge >= 0.3 is 5.97 Å². The molecule has 1 N–H and O–H groups in total. The lowest BCUT2D eigenvalue weighted by Gasteiger charge is -2.24. The topological polar surface area (TPSA) is 74.2 Å². The van der Waals surface area contributed by atoms with Crippen molar-refractivity contribution in [1.29, 1.82) is 0 Å². The highest BCUT2D eigenvalue weighted by Gasteiger charge is 2.56. The third-order valence-electron chi connectivity index (χ3n) is 3.52. The summed E-state index contributed by atoms with van der Waals surface area (Å²) in [6, 6.07) is 8.66. The number of hydrogen-bond acceptors (Lipinski definition) is 6. The number of rotatable bonds is 3.